The molecule has 144 valence electrons. The van der Waals surface area contributed by atoms with Crippen molar-refractivity contribution in [1.29, 1.82) is 0 Å². The number of amides is 2. The SMILES string of the molecule is CCCCCC[C@@H](NC(=O)CNC(=O)OCc1ccccc1)C(=O)OC. The lowest BCUT2D eigenvalue weighted by molar-refractivity contribution is -0.145. The molecule has 0 radical (unpaired) electrons. The molecule has 0 spiro atoms. The Kier molecular flexibility index (Phi) is 10.5. The Labute approximate surface area is 154 Å². The molecule has 0 heterocycles. The van der Waals surface area contributed by atoms with Gasteiger partial charge in [-0.15, -0.1) is 0 Å². The maximum atomic E-state index is 12.0. The number of nitrogens with one attached hydrogen (secondary N) is 2. The fraction of sp³-hybridized carbons (Fsp3) is 0.526. The third-order valence-electron chi connectivity index (χ3n) is 3.77. The third-order valence-corrected chi connectivity index (χ3v) is 3.77. The summed E-state index contributed by atoms with van der Waals surface area (Å²) in [7, 11) is 1.28. The maximum absolute atomic E-state index is 12.0. The van der Waals surface area contributed by atoms with Crippen LogP contribution in [0.5, 0.6) is 0 Å². The van der Waals surface area contributed by atoms with Crippen molar-refractivity contribution in [3.8, 4) is 0 Å². The Bertz CT molecular complexity index is 562. The lowest BCUT2D eigenvalue weighted by atomic mass is 10.1. The van der Waals surface area contributed by atoms with Crippen LogP contribution < -0.4 is 10.6 Å². The summed E-state index contributed by atoms with van der Waals surface area (Å²) in [6.07, 6.45) is 3.80. The van der Waals surface area contributed by atoms with Gasteiger partial charge in [0, 0.05) is 0 Å². The maximum Gasteiger partial charge on any atom is 0.407 e. The molecule has 7 heteroatoms. The van der Waals surface area contributed by atoms with Crippen molar-refractivity contribution in [1.82, 2.24) is 10.6 Å². The first-order valence-electron chi connectivity index (χ1n) is 8.88. The van der Waals surface area contributed by atoms with E-state index in [9.17, 15) is 14.4 Å². The molecule has 2 amide bonds. The number of unbranched alkanes of at least 4 members (excludes halogenated alkanes) is 3. The van der Waals surface area contributed by atoms with Crippen LogP contribution in [-0.4, -0.2) is 37.7 Å². The quantitative estimate of drug-likeness (QED) is 0.465. The summed E-state index contributed by atoms with van der Waals surface area (Å²) in [4.78, 5) is 35.3. The number of alkyl carbamates (subject to hydrolysis) is 1. The lowest BCUT2D eigenvalue weighted by Crippen LogP contribution is -2.46. The second kappa shape index (κ2) is 12.7. The molecule has 1 atom stereocenters. The van der Waals surface area contributed by atoms with Gasteiger partial charge >= 0.3 is 12.1 Å². The van der Waals surface area contributed by atoms with E-state index in [0.717, 1.165) is 31.2 Å². The van der Waals surface area contributed by atoms with Crippen LogP contribution in [0.15, 0.2) is 30.3 Å². The van der Waals surface area contributed by atoms with E-state index in [2.05, 4.69) is 17.6 Å². The second-order valence-corrected chi connectivity index (χ2v) is 5.91. The number of hydrogen-bond acceptors (Lipinski definition) is 5. The monoisotopic (exact) mass is 364 g/mol. The minimum atomic E-state index is -0.702. The van der Waals surface area contributed by atoms with Crippen LogP contribution in [0.2, 0.25) is 0 Å². The minimum Gasteiger partial charge on any atom is -0.467 e. The van der Waals surface area contributed by atoms with Gasteiger partial charge in [0.05, 0.1) is 7.11 Å². The highest BCUT2D eigenvalue weighted by Crippen LogP contribution is 2.07. The van der Waals surface area contributed by atoms with E-state index in [1.807, 2.05) is 30.3 Å². The lowest BCUT2D eigenvalue weighted by Gasteiger charge is -2.16. The molecule has 0 saturated carbocycles. The fourth-order valence-corrected chi connectivity index (χ4v) is 2.34. The third kappa shape index (κ3) is 9.05. The largest absolute Gasteiger partial charge is 0.467 e. The van der Waals surface area contributed by atoms with Gasteiger partial charge in [-0.1, -0.05) is 62.9 Å². The fourth-order valence-electron chi connectivity index (χ4n) is 2.34. The van der Waals surface area contributed by atoms with E-state index in [4.69, 9.17) is 9.47 Å². The highest BCUT2D eigenvalue weighted by atomic mass is 16.5. The van der Waals surface area contributed by atoms with Crippen molar-refractivity contribution < 1.29 is 23.9 Å². The first-order valence-corrected chi connectivity index (χ1v) is 8.88. The molecule has 1 aromatic rings. The number of esters is 1. The standard InChI is InChI=1S/C19H28N2O5/c1-3-4-5-9-12-16(18(23)25-2)21-17(22)13-20-19(24)26-14-15-10-7-6-8-11-15/h6-8,10-11,16H,3-5,9,12-14H2,1-2H3,(H,20,24)(H,21,22)/t16-/m1/s1. The van der Waals surface area contributed by atoms with Crippen molar-refractivity contribution in [2.45, 2.75) is 51.7 Å². The van der Waals surface area contributed by atoms with E-state index in [1.165, 1.54) is 7.11 Å². The molecule has 0 saturated heterocycles. The van der Waals surface area contributed by atoms with Crippen LogP contribution in [0.1, 0.15) is 44.6 Å². The molecule has 0 aliphatic heterocycles. The number of ether oxygens (including phenoxy) is 2. The smallest absolute Gasteiger partial charge is 0.407 e. The number of hydrogen-bond donors (Lipinski definition) is 2. The van der Waals surface area contributed by atoms with Crippen LogP contribution in [-0.2, 0) is 25.7 Å². The highest BCUT2D eigenvalue weighted by Gasteiger charge is 2.21. The Balaban J connectivity index is 2.32. The van der Waals surface area contributed by atoms with E-state index in [-0.39, 0.29) is 13.2 Å². The summed E-state index contributed by atoms with van der Waals surface area (Å²) in [5.41, 5.74) is 0.852. The van der Waals surface area contributed by atoms with E-state index >= 15 is 0 Å². The normalized spacial score (nSPS) is 11.3. The molecule has 0 aliphatic rings. The Hall–Kier alpha value is -2.57. The molecule has 1 rings (SSSR count). The average Bonchev–Trinajstić information content (AvgIpc) is 2.67. The van der Waals surface area contributed by atoms with Gasteiger partial charge in [0.15, 0.2) is 0 Å². The van der Waals surface area contributed by atoms with Gasteiger partial charge in [-0.25, -0.2) is 9.59 Å². The van der Waals surface area contributed by atoms with Crippen LogP contribution in [0.25, 0.3) is 0 Å². The minimum absolute atomic E-state index is 0.122. The molecule has 0 fully saturated rings. The van der Waals surface area contributed by atoms with Crippen molar-refractivity contribution >= 4 is 18.0 Å². The van der Waals surface area contributed by atoms with Crippen molar-refractivity contribution in [3.63, 3.8) is 0 Å². The number of methoxy groups -OCH3 is 1. The molecule has 0 bridgehead atoms. The van der Waals surface area contributed by atoms with Crippen LogP contribution in [0, 0.1) is 0 Å². The predicted molar refractivity (Wildman–Crippen MR) is 97.3 cm³/mol. The zero-order valence-electron chi connectivity index (χ0n) is 15.5. The number of carbonyl (C=O) groups is 3. The molecule has 1 aromatic carbocycles. The predicted octanol–water partition coefficient (Wildman–Crippen LogP) is 2.54. The van der Waals surface area contributed by atoms with E-state index < -0.39 is 24.0 Å². The molecule has 26 heavy (non-hydrogen) atoms. The Morgan fingerprint density at radius 2 is 1.81 bits per heavy atom. The molecule has 2 N–H and O–H groups in total. The molecule has 0 aliphatic carbocycles. The van der Waals surface area contributed by atoms with E-state index in [1.54, 1.807) is 0 Å². The Morgan fingerprint density at radius 3 is 2.46 bits per heavy atom. The molecular formula is C19H28N2O5. The summed E-state index contributed by atoms with van der Waals surface area (Å²) < 4.78 is 9.74. The first kappa shape index (κ1) is 21.5. The number of rotatable bonds is 11. The number of carbonyl (C=O) groups excluding carboxylic acids is 3. The molecule has 0 aromatic heterocycles. The molecular weight excluding hydrogens is 336 g/mol. The summed E-state index contributed by atoms with van der Waals surface area (Å²) >= 11 is 0. The van der Waals surface area contributed by atoms with Gasteiger partial charge in [-0.05, 0) is 12.0 Å². The molecule has 0 unspecified atom stereocenters. The zero-order chi connectivity index (χ0) is 19.2. The first-order chi connectivity index (χ1) is 12.6. The van der Waals surface area contributed by atoms with Gasteiger partial charge in [-0.3, -0.25) is 4.79 Å². The van der Waals surface area contributed by atoms with Crippen LogP contribution in [0.3, 0.4) is 0 Å². The number of benzene rings is 1. The van der Waals surface area contributed by atoms with Crippen LogP contribution >= 0.6 is 0 Å². The average molecular weight is 364 g/mol. The second-order valence-electron chi connectivity index (χ2n) is 5.91. The van der Waals surface area contributed by atoms with Crippen molar-refractivity contribution in [2.75, 3.05) is 13.7 Å². The van der Waals surface area contributed by atoms with Crippen molar-refractivity contribution in [3.05, 3.63) is 35.9 Å². The van der Waals surface area contributed by atoms with Gasteiger partial charge in [0.25, 0.3) is 0 Å². The van der Waals surface area contributed by atoms with Gasteiger partial charge in [0.2, 0.25) is 5.91 Å². The van der Waals surface area contributed by atoms with Crippen LogP contribution in [0.4, 0.5) is 4.79 Å². The zero-order valence-corrected chi connectivity index (χ0v) is 15.5. The van der Waals surface area contributed by atoms with Gasteiger partial charge in [-0.2, -0.15) is 0 Å². The summed E-state index contributed by atoms with van der Waals surface area (Å²) in [6, 6.07) is 8.52. The van der Waals surface area contributed by atoms with Gasteiger partial charge < -0.3 is 20.1 Å². The molecule has 7 nitrogen and oxygen atoms in total. The highest BCUT2D eigenvalue weighted by molar-refractivity contribution is 5.87. The Morgan fingerprint density at radius 1 is 1.08 bits per heavy atom. The summed E-state index contributed by atoms with van der Waals surface area (Å²) in [6.45, 7) is 1.95. The summed E-state index contributed by atoms with van der Waals surface area (Å²) in [5.74, 6) is -0.950. The topological polar surface area (TPSA) is 93.7 Å². The van der Waals surface area contributed by atoms with E-state index in [0.29, 0.717) is 6.42 Å². The van der Waals surface area contributed by atoms with Gasteiger partial charge in [0.1, 0.15) is 19.2 Å². The van der Waals surface area contributed by atoms with Crippen molar-refractivity contribution in [2.24, 2.45) is 0 Å². The summed E-state index contributed by atoms with van der Waals surface area (Å²) in [5, 5.41) is 4.96.